The molecule has 120 valence electrons. The molecule has 5 heteroatoms. The van der Waals surface area contributed by atoms with Crippen LogP contribution in [0.5, 0.6) is 0 Å². The number of nitrogens with one attached hydrogen (secondary N) is 2. The minimum atomic E-state index is 0.0159. The molecule has 0 radical (unpaired) electrons. The number of rotatable bonds is 3. The molecule has 1 amide bonds. The lowest BCUT2D eigenvalue weighted by Gasteiger charge is -2.29. The van der Waals surface area contributed by atoms with Gasteiger partial charge < -0.3 is 16.0 Å². The number of hydrogen-bond donors (Lipinski definition) is 3. The van der Waals surface area contributed by atoms with Crippen molar-refractivity contribution in [2.45, 2.75) is 44.2 Å². The Kier molecular flexibility index (Phi) is 3.45. The van der Waals surface area contributed by atoms with Gasteiger partial charge in [0.25, 0.3) is 5.91 Å². The first-order valence-corrected chi connectivity index (χ1v) is 8.32. The standard InChI is InChI=1S/C18H22N4O/c19-16-9-18(16)7-5-14(6-8-18)22-17(23)13-3-1-12(2-4-13)15-10-20-11-21-15/h1-4,10-11,14,16H,5-9,19H2,(H,20,21)(H,22,23). The number of amides is 1. The van der Waals surface area contributed by atoms with Crippen molar-refractivity contribution >= 4 is 5.91 Å². The smallest absolute Gasteiger partial charge is 0.251 e. The molecule has 0 bridgehead atoms. The van der Waals surface area contributed by atoms with E-state index in [1.54, 1.807) is 12.5 Å². The van der Waals surface area contributed by atoms with Crippen LogP contribution in [0.4, 0.5) is 0 Å². The number of aromatic amines is 1. The van der Waals surface area contributed by atoms with Crippen LogP contribution in [-0.4, -0.2) is 28.0 Å². The van der Waals surface area contributed by atoms with Crippen molar-refractivity contribution in [3.8, 4) is 11.3 Å². The van der Waals surface area contributed by atoms with Crippen LogP contribution in [0.1, 0.15) is 42.5 Å². The molecular formula is C18H22N4O. The molecule has 1 aromatic heterocycles. The van der Waals surface area contributed by atoms with Gasteiger partial charge in [-0.1, -0.05) is 12.1 Å². The Labute approximate surface area is 135 Å². The topological polar surface area (TPSA) is 83.8 Å². The Morgan fingerprint density at radius 2 is 1.96 bits per heavy atom. The molecule has 4 N–H and O–H groups in total. The number of benzene rings is 1. The Hall–Kier alpha value is -2.14. The number of H-pyrrole nitrogens is 1. The summed E-state index contributed by atoms with van der Waals surface area (Å²) in [6.07, 6.45) is 8.99. The van der Waals surface area contributed by atoms with Crippen LogP contribution in [0.15, 0.2) is 36.8 Å². The van der Waals surface area contributed by atoms with Crippen molar-refractivity contribution in [2.24, 2.45) is 11.1 Å². The van der Waals surface area contributed by atoms with Crippen LogP contribution in [-0.2, 0) is 0 Å². The molecule has 1 spiro atoms. The van der Waals surface area contributed by atoms with Gasteiger partial charge in [-0.2, -0.15) is 0 Å². The third kappa shape index (κ3) is 2.77. The number of carbonyl (C=O) groups excluding carboxylic acids is 1. The molecular weight excluding hydrogens is 288 g/mol. The number of nitrogens with zero attached hydrogens (tertiary/aromatic N) is 1. The first kappa shape index (κ1) is 14.5. The molecule has 5 nitrogen and oxygen atoms in total. The average molecular weight is 310 g/mol. The average Bonchev–Trinajstić information content (AvgIpc) is 2.99. The van der Waals surface area contributed by atoms with E-state index in [2.05, 4.69) is 15.3 Å². The maximum absolute atomic E-state index is 12.4. The maximum Gasteiger partial charge on any atom is 0.251 e. The van der Waals surface area contributed by atoms with Gasteiger partial charge >= 0.3 is 0 Å². The minimum Gasteiger partial charge on any atom is -0.349 e. The van der Waals surface area contributed by atoms with Crippen LogP contribution >= 0.6 is 0 Å². The third-order valence-corrected chi connectivity index (χ3v) is 5.53. The van der Waals surface area contributed by atoms with E-state index in [0.717, 1.165) is 36.9 Å². The number of carbonyl (C=O) groups is 1. The summed E-state index contributed by atoms with van der Waals surface area (Å²) in [5, 5.41) is 3.17. The Bertz CT molecular complexity index is 684. The van der Waals surface area contributed by atoms with Gasteiger partial charge in [0.2, 0.25) is 0 Å². The van der Waals surface area contributed by atoms with E-state index in [1.807, 2.05) is 24.3 Å². The molecule has 2 aromatic rings. The summed E-state index contributed by atoms with van der Waals surface area (Å²) in [7, 11) is 0. The van der Waals surface area contributed by atoms with Crippen molar-refractivity contribution in [1.82, 2.24) is 15.3 Å². The van der Waals surface area contributed by atoms with Gasteiger partial charge in [-0.3, -0.25) is 4.79 Å². The molecule has 1 heterocycles. The van der Waals surface area contributed by atoms with Crippen molar-refractivity contribution < 1.29 is 4.79 Å². The second-order valence-electron chi connectivity index (χ2n) is 6.96. The normalized spacial score (nSPS) is 29.4. The summed E-state index contributed by atoms with van der Waals surface area (Å²) < 4.78 is 0. The monoisotopic (exact) mass is 310 g/mol. The van der Waals surface area contributed by atoms with Crippen LogP contribution < -0.4 is 11.1 Å². The molecule has 1 aromatic carbocycles. The SMILES string of the molecule is NC1CC12CCC(NC(=O)c1ccc(-c3cnc[nH]3)cc1)CC2. The van der Waals surface area contributed by atoms with E-state index in [9.17, 15) is 4.79 Å². The summed E-state index contributed by atoms with van der Waals surface area (Å²) in [6, 6.07) is 8.31. The summed E-state index contributed by atoms with van der Waals surface area (Å²) in [6.45, 7) is 0. The Balaban J connectivity index is 1.36. The second kappa shape index (κ2) is 5.49. The zero-order valence-electron chi connectivity index (χ0n) is 13.1. The molecule has 1 unspecified atom stereocenters. The molecule has 2 fully saturated rings. The zero-order valence-corrected chi connectivity index (χ0v) is 13.1. The fourth-order valence-corrected chi connectivity index (χ4v) is 3.77. The van der Waals surface area contributed by atoms with E-state index >= 15 is 0 Å². The number of aromatic nitrogens is 2. The summed E-state index contributed by atoms with van der Waals surface area (Å²) in [5.41, 5.74) is 9.13. The van der Waals surface area contributed by atoms with Crippen molar-refractivity contribution in [2.75, 3.05) is 0 Å². The molecule has 2 saturated carbocycles. The fourth-order valence-electron chi connectivity index (χ4n) is 3.77. The van der Waals surface area contributed by atoms with Gasteiger partial charge in [-0.05, 0) is 55.2 Å². The molecule has 4 rings (SSSR count). The minimum absolute atomic E-state index is 0.0159. The van der Waals surface area contributed by atoms with Gasteiger partial charge in [0.15, 0.2) is 0 Å². The first-order chi connectivity index (χ1) is 11.2. The van der Waals surface area contributed by atoms with Crippen molar-refractivity contribution in [1.29, 1.82) is 0 Å². The zero-order chi connectivity index (χ0) is 15.9. The van der Waals surface area contributed by atoms with Gasteiger partial charge in [0, 0.05) is 17.6 Å². The molecule has 23 heavy (non-hydrogen) atoms. The first-order valence-electron chi connectivity index (χ1n) is 8.32. The van der Waals surface area contributed by atoms with Crippen molar-refractivity contribution in [3.05, 3.63) is 42.4 Å². The van der Waals surface area contributed by atoms with E-state index in [-0.39, 0.29) is 11.9 Å². The van der Waals surface area contributed by atoms with E-state index in [0.29, 0.717) is 17.0 Å². The molecule has 1 atom stereocenters. The lowest BCUT2D eigenvalue weighted by molar-refractivity contribution is 0.0919. The van der Waals surface area contributed by atoms with Crippen LogP contribution in [0.2, 0.25) is 0 Å². The lowest BCUT2D eigenvalue weighted by atomic mass is 9.83. The number of hydrogen-bond acceptors (Lipinski definition) is 3. The highest BCUT2D eigenvalue weighted by atomic mass is 16.1. The summed E-state index contributed by atoms with van der Waals surface area (Å²) >= 11 is 0. The van der Waals surface area contributed by atoms with Gasteiger partial charge in [0.1, 0.15) is 0 Å². The van der Waals surface area contributed by atoms with Crippen molar-refractivity contribution in [3.63, 3.8) is 0 Å². The predicted molar refractivity (Wildman–Crippen MR) is 88.8 cm³/mol. The second-order valence-corrected chi connectivity index (χ2v) is 6.96. The largest absolute Gasteiger partial charge is 0.349 e. The van der Waals surface area contributed by atoms with E-state index < -0.39 is 0 Å². The van der Waals surface area contributed by atoms with Gasteiger partial charge in [0.05, 0.1) is 18.2 Å². The lowest BCUT2D eigenvalue weighted by Crippen LogP contribution is -2.38. The quantitative estimate of drug-likeness (QED) is 0.814. The molecule has 2 aliphatic rings. The summed E-state index contributed by atoms with van der Waals surface area (Å²) in [4.78, 5) is 19.5. The Morgan fingerprint density at radius 3 is 2.52 bits per heavy atom. The van der Waals surface area contributed by atoms with E-state index in [4.69, 9.17) is 5.73 Å². The molecule has 0 saturated heterocycles. The summed E-state index contributed by atoms with van der Waals surface area (Å²) in [5.74, 6) is 0.0159. The van der Waals surface area contributed by atoms with Crippen LogP contribution in [0.25, 0.3) is 11.3 Å². The highest BCUT2D eigenvalue weighted by Crippen LogP contribution is 2.54. The van der Waals surface area contributed by atoms with E-state index in [1.165, 1.54) is 6.42 Å². The number of imidazole rings is 1. The molecule has 2 aliphatic carbocycles. The van der Waals surface area contributed by atoms with Gasteiger partial charge in [-0.25, -0.2) is 4.98 Å². The van der Waals surface area contributed by atoms with Crippen LogP contribution in [0, 0.1) is 5.41 Å². The third-order valence-electron chi connectivity index (χ3n) is 5.53. The van der Waals surface area contributed by atoms with Crippen LogP contribution in [0.3, 0.4) is 0 Å². The fraction of sp³-hybridized carbons (Fsp3) is 0.444. The predicted octanol–water partition coefficient (Wildman–Crippen LogP) is 2.47. The maximum atomic E-state index is 12.4. The Morgan fingerprint density at radius 1 is 1.26 bits per heavy atom. The van der Waals surface area contributed by atoms with Gasteiger partial charge in [-0.15, -0.1) is 0 Å². The highest BCUT2D eigenvalue weighted by Gasteiger charge is 2.52. The number of nitrogens with two attached hydrogens (primary N) is 1. The molecule has 0 aliphatic heterocycles. The highest BCUT2D eigenvalue weighted by molar-refractivity contribution is 5.94.